The molecule has 106 valence electrons. The Hall–Kier alpha value is -2.87. The first-order valence-electron chi connectivity index (χ1n) is 6.28. The van der Waals surface area contributed by atoms with Crippen LogP contribution in [0.4, 0.5) is 10.1 Å². The molecule has 1 N–H and O–H groups in total. The first-order chi connectivity index (χ1) is 10.1. The number of ether oxygens (including phenoxy) is 1. The van der Waals surface area contributed by atoms with Crippen molar-refractivity contribution in [3.05, 3.63) is 59.4 Å². The van der Waals surface area contributed by atoms with Crippen LogP contribution in [0, 0.1) is 24.1 Å². The minimum absolute atomic E-state index is 0.256. The summed E-state index contributed by atoms with van der Waals surface area (Å²) in [6, 6.07) is 13.0. The Labute approximate surface area is 121 Å². The fraction of sp³-hybridized carbons (Fsp3) is 0.125. The molecule has 0 spiro atoms. The van der Waals surface area contributed by atoms with Crippen molar-refractivity contribution >= 4 is 11.6 Å². The molecule has 21 heavy (non-hydrogen) atoms. The van der Waals surface area contributed by atoms with Gasteiger partial charge < -0.3 is 10.1 Å². The maximum absolute atomic E-state index is 13.4. The highest BCUT2D eigenvalue weighted by atomic mass is 19.1. The molecule has 4 nitrogen and oxygen atoms in total. The molecule has 0 bridgehead atoms. The average molecular weight is 284 g/mol. The van der Waals surface area contributed by atoms with E-state index in [1.54, 1.807) is 43.3 Å². The van der Waals surface area contributed by atoms with E-state index in [4.69, 9.17) is 10.00 Å². The van der Waals surface area contributed by atoms with Gasteiger partial charge in [0.15, 0.2) is 6.61 Å². The lowest BCUT2D eigenvalue weighted by molar-refractivity contribution is -0.118. The minimum atomic E-state index is -0.425. The number of hydrogen-bond acceptors (Lipinski definition) is 3. The van der Waals surface area contributed by atoms with Gasteiger partial charge in [-0.05, 0) is 36.8 Å². The van der Waals surface area contributed by atoms with Crippen LogP contribution in [0.15, 0.2) is 42.5 Å². The summed E-state index contributed by atoms with van der Waals surface area (Å²) in [5.41, 5.74) is 1.22. The average Bonchev–Trinajstić information content (AvgIpc) is 2.49. The van der Waals surface area contributed by atoms with Gasteiger partial charge in [-0.2, -0.15) is 5.26 Å². The fourth-order valence-electron chi connectivity index (χ4n) is 1.70. The predicted molar refractivity (Wildman–Crippen MR) is 76.4 cm³/mol. The zero-order valence-corrected chi connectivity index (χ0v) is 11.4. The number of nitrogens with zero attached hydrogens (tertiary/aromatic N) is 1. The molecule has 0 unspecified atom stereocenters. The highest BCUT2D eigenvalue weighted by Gasteiger charge is 2.07. The number of para-hydroxylation sites is 1. The minimum Gasteiger partial charge on any atom is -0.482 e. The van der Waals surface area contributed by atoms with Crippen molar-refractivity contribution in [2.75, 3.05) is 11.9 Å². The Morgan fingerprint density at radius 1 is 1.33 bits per heavy atom. The van der Waals surface area contributed by atoms with Gasteiger partial charge in [0, 0.05) is 5.69 Å². The molecule has 0 fully saturated rings. The summed E-state index contributed by atoms with van der Waals surface area (Å²) in [5, 5.41) is 11.4. The van der Waals surface area contributed by atoms with E-state index in [9.17, 15) is 9.18 Å². The lowest BCUT2D eigenvalue weighted by Gasteiger charge is -2.09. The highest BCUT2D eigenvalue weighted by Crippen LogP contribution is 2.17. The Kier molecular flexibility index (Phi) is 4.52. The van der Waals surface area contributed by atoms with E-state index in [0.29, 0.717) is 22.6 Å². The Morgan fingerprint density at radius 2 is 2.10 bits per heavy atom. The van der Waals surface area contributed by atoms with Crippen LogP contribution >= 0.6 is 0 Å². The molecular weight excluding hydrogens is 271 g/mol. The van der Waals surface area contributed by atoms with Crippen LogP contribution < -0.4 is 10.1 Å². The van der Waals surface area contributed by atoms with Gasteiger partial charge in [-0.1, -0.05) is 18.2 Å². The highest BCUT2D eigenvalue weighted by molar-refractivity contribution is 5.91. The van der Waals surface area contributed by atoms with E-state index in [1.165, 1.54) is 6.07 Å². The van der Waals surface area contributed by atoms with E-state index >= 15 is 0 Å². The Morgan fingerprint density at radius 3 is 2.81 bits per heavy atom. The standard InChI is InChI=1S/C16H13FN2O2/c1-11-6-7-13(8-14(11)17)19-16(20)10-21-15-5-3-2-4-12(15)9-18/h2-8H,10H2,1H3,(H,19,20). The van der Waals surface area contributed by atoms with Gasteiger partial charge in [0.1, 0.15) is 17.6 Å². The second kappa shape index (κ2) is 6.53. The molecule has 0 saturated heterocycles. The second-order valence-corrected chi connectivity index (χ2v) is 4.41. The van der Waals surface area contributed by atoms with Crippen LogP contribution in [0.25, 0.3) is 0 Å². The van der Waals surface area contributed by atoms with E-state index < -0.39 is 5.91 Å². The quantitative estimate of drug-likeness (QED) is 0.938. The number of anilines is 1. The van der Waals surface area contributed by atoms with Gasteiger partial charge in [0.25, 0.3) is 5.91 Å². The smallest absolute Gasteiger partial charge is 0.262 e. The molecule has 0 aliphatic heterocycles. The number of amides is 1. The molecule has 2 aromatic carbocycles. The molecule has 0 aromatic heterocycles. The van der Waals surface area contributed by atoms with E-state index in [0.717, 1.165) is 0 Å². The summed E-state index contributed by atoms with van der Waals surface area (Å²) in [5.74, 6) is -0.472. The third-order valence-electron chi connectivity index (χ3n) is 2.82. The van der Waals surface area contributed by atoms with Gasteiger partial charge in [0.05, 0.1) is 5.56 Å². The van der Waals surface area contributed by atoms with Crippen LogP contribution in [0.2, 0.25) is 0 Å². The van der Waals surface area contributed by atoms with Crippen molar-refractivity contribution in [3.8, 4) is 11.8 Å². The number of halogens is 1. The van der Waals surface area contributed by atoms with Crippen LogP contribution in [-0.4, -0.2) is 12.5 Å². The number of nitriles is 1. The van der Waals surface area contributed by atoms with Crippen molar-refractivity contribution in [1.29, 1.82) is 5.26 Å². The second-order valence-electron chi connectivity index (χ2n) is 4.41. The van der Waals surface area contributed by atoms with Gasteiger partial charge in [-0.15, -0.1) is 0 Å². The van der Waals surface area contributed by atoms with Gasteiger partial charge in [0.2, 0.25) is 0 Å². The lowest BCUT2D eigenvalue weighted by Crippen LogP contribution is -2.20. The van der Waals surface area contributed by atoms with Gasteiger partial charge in [-0.3, -0.25) is 4.79 Å². The fourth-order valence-corrected chi connectivity index (χ4v) is 1.70. The monoisotopic (exact) mass is 284 g/mol. The largest absolute Gasteiger partial charge is 0.482 e. The number of rotatable bonds is 4. The first kappa shape index (κ1) is 14.5. The topological polar surface area (TPSA) is 62.1 Å². The molecule has 2 rings (SSSR count). The van der Waals surface area contributed by atoms with Crippen LogP contribution in [-0.2, 0) is 4.79 Å². The van der Waals surface area contributed by atoms with Crippen molar-refractivity contribution in [2.24, 2.45) is 0 Å². The molecule has 0 radical (unpaired) electrons. The summed E-state index contributed by atoms with van der Waals surface area (Å²) in [6.07, 6.45) is 0. The van der Waals surface area contributed by atoms with Crippen molar-refractivity contribution in [1.82, 2.24) is 0 Å². The molecular formula is C16H13FN2O2. The number of carbonyl (C=O) groups excluding carboxylic acids is 1. The number of carbonyl (C=O) groups is 1. The van der Waals surface area contributed by atoms with Crippen molar-refractivity contribution < 1.29 is 13.9 Å². The summed E-state index contributed by atoms with van der Waals surface area (Å²) in [7, 11) is 0. The summed E-state index contributed by atoms with van der Waals surface area (Å²) < 4.78 is 18.6. The maximum Gasteiger partial charge on any atom is 0.262 e. The number of hydrogen-bond donors (Lipinski definition) is 1. The number of aryl methyl sites for hydroxylation is 1. The molecule has 0 aliphatic carbocycles. The third-order valence-corrected chi connectivity index (χ3v) is 2.82. The van der Waals surface area contributed by atoms with E-state index in [-0.39, 0.29) is 12.4 Å². The predicted octanol–water partition coefficient (Wildman–Crippen LogP) is 3.02. The molecule has 0 atom stereocenters. The summed E-state index contributed by atoms with van der Waals surface area (Å²) in [6.45, 7) is 1.39. The Bertz CT molecular complexity index is 708. The molecule has 5 heteroatoms. The molecule has 0 saturated carbocycles. The molecule has 2 aromatic rings. The van der Waals surface area contributed by atoms with Crippen LogP contribution in [0.3, 0.4) is 0 Å². The van der Waals surface area contributed by atoms with Gasteiger partial charge >= 0.3 is 0 Å². The summed E-state index contributed by atoms with van der Waals surface area (Å²) >= 11 is 0. The molecule has 0 aliphatic rings. The molecule has 0 heterocycles. The number of nitrogens with one attached hydrogen (secondary N) is 1. The third kappa shape index (κ3) is 3.80. The lowest BCUT2D eigenvalue weighted by atomic mass is 10.2. The van der Waals surface area contributed by atoms with E-state index in [1.807, 2.05) is 6.07 Å². The first-order valence-corrected chi connectivity index (χ1v) is 6.28. The van der Waals surface area contributed by atoms with E-state index in [2.05, 4.69) is 5.32 Å². The van der Waals surface area contributed by atoms with Gasteiger partial charge in [-0.25, -0.2) is 4.39 Å². The zero-order valence-electron chi connectivity index (χ0n) is 11.4. The SMILES string of the molecule is Cc1ccc(NC(=O)COc2ccccc2C#N)cc1F. The van der Waals surface area contributed by atoms with Crippen LogP contribution in [0.1, 0.15) is 11.1 Å². The zero-order chi connectivity index (χ0) is 15.2. The molecule has 1 amide bonds. The van der Waals surface area contributed by atoms with Crippen molar-refractivity contribution in [3.63, 3.8) is 0 Å². The number of benzene rings is 2. The van der Waals surface area contributed by atoms with Crippen molar-refractivity contribution in [2.45, 2.75) is 6.92 Å². The normalized spacial score (nSPS) is 9.76. The maximum atomic E-state index is 13.4. The van der Waals surface area contributed by atoms with Crippen LogP contribution in [0.5, 0.6) is 5.75 Å². The summed E-state index contributed by atoms with van der Waals surface area (Å²) in [4.78, 5) is 11.7. The Balaban J connectivity index is 1.96.